The molecule has 0 unspecified atom stereocenters. The SMILES string of the molecule is Brc1ccc(Cc2ccc3nc(-c4cncc(Cn5ccnc5)c4)[nH]c3c2)cc1. The zero-order chi connectivity index (χ0) is 19.6. The summed E-state index contributed by atoms with van der Waals surface area (Å²) < 4.78 is 3.12. The summed E-state index contributed by atoms with van der Waals surface area (Å²) in [5.74, 6) is 0.834. The van der Waals surface area contributed by atoms with Gasteiger partial charge >= 0.3 is 0 Å². The smallest absolute Gasteiger partial charge is 0.140 e. The first kappa shape index (κ1) is 17.8. The summed E-state index contributed by atoms with van der Waals surface area (Å²) in [6.07, 6.45) is 10.1. The molecule has 0 saturated heterocycles. The standard InChI is InChI=1S/C23H18BrN5/c24-20-4-1-16(2-5-20)9-17-3-6-21-22(11-17)28-23(27-21)19-10-18(12-26-13-19)14-29-8-7-25-15-29/h1-8,10-13,15H,9,14H2,(H,27,28). The predicted octanol–water partition coefficient (Wildman–Crippen LogP) is 5.22. The molecule has 0 bridgehead atoms. The molecule has 0 radical (unpaired) electrons. The Morgan fingerprint density at radius 3 is 2.59 bits per heavy atom. The van der Waals surface area contributed by atoms with Crippen LogP contribution >= 0.6 is 15.9 Å². The highest BCUT2D eigenvalue weighted by atomic mass is 79.9. The fourth-order valence-electron chi connectivity index (χ4n) is 3.44. The van der Waals surface area contributed by atoms with Crippen molar-refractivity contribution >= 4 is 27.0 Å². The van der Waals surface area contributed by atoms with Crippen LogP contribution in [0.2, 0.25) is 0 Å². The molecule has 0 spiro atoms. The van der Waals surface area contributed by atoms with E-state index in [1.807, 2.05) is 23.2 Å². The van der Waals surface area contributed by atoms with Gasteiger partial charge in [-0.2, -0.15) is 0 Å². The van der Waals surface area contributed by atoms with Crippen LogP contribution in [0.15, 0.2) is 84.1 Å². The Balaban J connectivity index is 1.42. The first-order valence-corrected chi connectivity index (χ1v) is 10.2. The lowest BCUT2D eigenvalue weighted by Crippen LogP contribution is -1.97. The van der Waals surface area contributed by atoms with E-state index in [0.717, 1.165) is 45.4 Å². The van der Waals surface area contributed by atoms with Crippen molar-refractivity contribution < 1.29 is 0 Å². The molecular formula is C23H18BrN5. The third-order valence-electron chi connectivity index (χ3n) is 4.86. The van der Waals surface area contributed by atoms with Crippen molar-refractivity contribution in [1.82, 2.24) is 24.5 Å². The second kappa shape index (κ2) is 7.64. The zero-order valence-corrected chi connectivity index (χ0v) is 17.2. The summed E-state index contributed by atoms with van der Waals surface area (Å²) >= 11 is 3.49. The maximum Gasteiger partial charge on any atom is 0.140 e. The van der Waals surface area contributed by atoms with Gasteiger partial charge in [-0.3, -0.25) is 4.98 Å². The minimum atomic E-state index is 0.735. The molecule has 0 fully saturated rings. The van der Waals surface area contributed by atoms with Crippen LogP contribution in [0.4, 0.5) is 0 Å². The van der Waals surface area contributed by atoms with E-state index < -0.39 is 0 Å². The Hall–Kier alpha value is -3.25. The number of nitrogens with one attached hydrogen (secondary N) is 1. The Morgan fingerprint density at radius 1 is 0.897 bits per heavy atom. The van der Waals surface area contributed by atoms with Crippen molar-refractivity contribution in [2.75, 3.05) is 0 Å². The van der Waals surface area contributed by atoms with E-state index in [4.69, 9.17) is 4.98 Å². The molecule has 0 amide bonds. The lowest BCUT2D eigenvalue weighted by Gasteiger charge is -2.03. The average molecular weight is 444 g/mol. The van der Waals surface area contributed by atoms with E-state index in [9.17, 15) is 0 Å². The molecule has 0 aliphatic carbocycles. The summed E-state index contributed by atoms with van der Waals surface area (Å²) in [6.45, 7) is 0.735. The van der Waals surface area contributed by atoms with Gasteiger partial charge in [0.05, 0.1) is 23.9 Å². The first-order chi connectivity index (χ1) is 14.2. The molecule has 3 aromatic heterocycles. The van der Waals surface area contributed by atoms with E-state index >= 15 is 0 Å². The monoisotopic (exact) mass is 443 g/mol. The third-order valence-corrected chi connectivity index (χ3v) is 5.39. The van der Waals surface area contributed by atoms with Crippen molar-refractivity contribution in [2.24, 2.45) is 0 Å². The second-order valence-corrected chi connectivity index (χ2v) is 7.97. The maximum atomic E-state index is 4.76. The minimum Gasteiger partial charge on any atom is -0.338 e. The summed E-state index contributed by atoms with van der Waals surface area (Å²) in [5, 5.41) is 0. The molecule has 0 saturated carbocycles. The fourth-order valence-corrected chi connectivity index (χ4v) is 3.70. The molecule has 5 nitrogen and oxygen atoms in total. The van der Waals surface area contributed by atoms with Gasteiger partial charge in [0.25, 0.3) is 0 Å². The maximum absolute atomic E-state index is 4.76. The Labute approximate surface area is 176 Å². The van der Waals surface area contributed by atoms with Gasteiger partial charge in [0.15, 0.2) is 0 Å². The number of pyridine rings is 1. The Morgan fingerprint density at radius 2 is 1.76 bits per heavy atom. The number of nitrogens with zero attached hydrogens (tertiary/aromatic N) is 4. The number of imidazole rings is 2. The highest BCUT2D eigenvalue weighted by Crippen LogP contribution is 2.23. The summed E-state index contributed by atoms with van der Waals surface area (Å²) in [7, 11) is 0. The number of halogens is 1. The van der Waals surface area contributed by atoms with Crippen molar-refractivity contribution in [3.8, 4) is 11.4 Å². The van der Waals surface area contributed by atoms with Crippen LogP contribution in [0.25, 0.3) is 22.4 Å². The lowest BCUT2D eigenvalue weighted by atomic mass is 10.0. The largest absolute Gasteiger partial charge is 0.338 e. The first-order valence-electron chi connectivity index (χ1n) is 9.36. The van der Waals surface area contributed by atoms with Gasteiger partial charge in [-0.1, -0.05) is 34.1 Å². The van der Waals surface area contributed by atoms with Crippen LogP contribution in [-0.4, -0.2) is 24.5 Å². The summed E-state index contributed by atoms with van der Waals surface area (Å²) in [4.78, 5) is 16.7. The van der Waals surface area contributed by atoms with Crippen LogP contribution in [0.3, 0.4) is 0 Å². The molecular weight excluding hydrogens is 426 g/mol. The normalized spacial score (nSPS) is 11.2. The van der Waals surface area contributed by atoms with Crippen molar-refractivity contribution in [3.05, 3.63) is 101 Å². The molecule has 3 heterocycles. The van der Waals surface area contributed by atoms with Gasteiger partial charge in [0, 0.05) is 34.8 Å². The average Bonchev–Trinajstić information content (AvgIpc) is 3.39. The van der Waals surface area contributed by atoms with Gasteiger partial charge in [-0.05, 0) is 53.4 Å². The number of hydrogen-bond donors (Lipinski definition) is 1. The molecule has 0 atom stereocenters. The van der Waals surface area contributed by atoms with E-state index in [-0.39, 0.29) is 0 Å². The molecule has 29 heavy (non-hydrogen) atoms. The van der Waals surface area contributed by atoms with E-state index in [0.29, 0.717) is 0 Å². The number of H-pyrrole nitrogens is 1. The van der Waals surface area contributed by atoms with Gasteiger partial charge in [-0.15, -0.1) is 0 Å². The predicted molar refractivity (Wildman–Crippen MR) is 118 cm³/mol. The molecule has 142 valence electrons. The fraction of sp³-hybridized carbons (Fsp3) is 0.0870. The molecule has 0 aliphatic heterocycles. The van der Waals surface area contributed by atoms with Crippen LogP contribution in [-0.2, 0) is 13.0 Å². The van der Waals surface area contributed by atoms with Crippen LogP contribution in [0.1, 0.15) is 16.7 Å². The molecule has 0 aliphatic rings. The van der Waals surface area contributed by atoms with Crippen molar-refractivity contribution in [3.63, 3.8) is 0 Å². The lowest BCUT2D eigenvalue weighted by molar-refractivity contribution is 0.793. The summed E-state index contributed by atoms with van der Waals surface area (Å²) in [6, 6.07) is 16.9. The van der Waals surface area contributed by atoms with Gasteiger partial charge in [-0.25, -0.2) is 9.97 Å². The van der Waals surface area contributed by atoms with E-state index in [2.05, 4.69) is 79.4 Å². The minimum absolute atomic E-state index is 0.735. The quantitative estimate of drug-likeness (QED) is 0.404. The van der Waals surface area contributed by atoms with Gasteiger partial charge < -0.3 is 9.55 Å². The Kier molecular flexibility index (Phi) is 4.69. The molecule has 2 aromatic carbocycles. The number of aromatic nitrogens is 5. The van der Waals surface area contributed by atoms with Crippen LogP contribution < -0.4 is 0 Å². The molecule has 1 N–H and O–H groups in total. The number of hydrogen-bond acceptors (Lipinski definition) is 3. The van der Waals surface area contributed by atoms with Crippen molar-refractivity contribution in [1.29, 1.82) is 0 Å². The number of aromatic amines is 1. The van der Waals surface area contributed by atoms with Gasteiger partial charge in [0.1, 0.15) is 5.82 Å². The molecule has 6 heteroatoms. The number of fused-ring (bicyclic) bond motifs is 1. The molecule has 5 aromatic rings. The number of benzene rings is 2. The van der Waals surface area contributed by atoms with Crippen molar-refractivity contribution in [2.45, 2.75) is 13.0 Å². The molecule has 5 rings (SSSR count). The number of rotatable bonds is 5. The highest BCUT2D eigenvalue weighted by Gasteiger charge is 2.08. The van der Waals surface area contributed by atoms with Gasteiger partial charge in [0.2, 0.25) is 0 Å². The Bertz CT molecular complexity index is 1260. The third kappa shape index (κ3) is 3.98. The van der Waals surface area contributed by atoms with Crippen LogP contribution in [0.5, 0.6) is 0 Å². The van der Waals surface area contributed by atoms with E-state index in [1.54, 1.807) is 12.5 Å². The highest BCUT2D eigenvalue weighted by molar-refractivity contribution is 9.10. The topological polar surface area (TPSA) is 59.4 Å². The summed E-state index contributed by atoms with van der Waals surface area (Å²) in [5.41, 5.74) is 6.62. The zero-order valence-electron chi connectivity index (χ0n) is 15.6. The van der Waals surface area contributed by atoms with Crippen LogP contribution in [0, 0.1) is 0 Å². The van der Waals surface area contributed by atoms with E-state index in [1.165, 1.54) is 11.1 Å². The second-order valence-electron chi connectivity index (χ2n) is 7.06.